The van der Waals surface area contributed by atoms with Crippen LogP contribution in [0.5, 0.6) is 0 Å². The van der Waals surface area contributed by atoms with Crippen LogP contribution in [0.25, 0.3) is 0 Å². The molecule has 2 aromatic carbocycles. The quantitative estimate of drug-likeness (QED) is 0.665. The molecule has 2 aromatic rings. The molecule has 0 aliphatic heterocycles. The first kappa shape index (κ1) is 11.0. The Bertz CT molecular complexity index is 408. The maximum Gasteiger partial charge on any atom is 0.206 e. The van der Waals surface area contributed by atoms with Crippen LogP contribution in [0.2, 0.25) is 6.82 Å². The summed E-state index contributed by atoms with van der Waals surface area (Å²) in [7, 11) is 0. The Hall–Kier alpha value is -1.50. The molecule has 0 aliphatic carbocycles. The first-order valence-electron chi connectivity index (χ1n) is 5.80. The van der Waals surface area contributed by atoms with Crippen LogP contribution >= 0.6 is 0 Å². The van der Waals surface area contributed by atoms with E-state index in [0.29, 0.717) is 6.71 Å². The van der Waals surface area contributed by atoms with Crippen molar-refractivity contribution >= 4 is 17.6 Å². The normalized spacial score (nSPS) is 10.2. The summed E-state index contributed by atoms with van der Waals surface area (Å²) in [5.74, 6) is 0. The van der Waals surface area contributed by atoms with Crippen LogP contribution in [-0.2, 0) is 0 Å². The Kier molecular flexibility index (Phi) is 3.14. The summed E-state index contributed by atoms with van der Waals surface area (Å²) in [5.41, 5.74) is 5.41. The molecule has 80 valence electrons. The van der Waals surface area contributed by atoms with Gasteiger partial charge in [0.15, 0.2) is 0 Å². The topological polar surface area (TPSA) is 0 Å². The highest BCUT2D eigenvalue weighted by Crippen LogP contribution is 1.98. The van der Waals surface area contributed by atoms with Gasteiger partial charge in [0.05, 0.1) is 0 Å². The lowest BCUT2D eigenvalue weighted by Crippen LogP contribution is -2.38. The van der Waals surface area contributed by atoms with E-state index in [2.05, 4.69) is 69.2 Å². The number of hydrogen-bond donors (Lipinski definition) is 0. The van der Waals surface area contributed by atoms with Crippen molar-refractivity contribution in [2.24, 2.45) is 0 Å². The predicted molar refractivity (Wildman–Crippen MR) is 73.2 cm³/mol. The standard InChI is InChI=1S/C15H17B/c1-12-4-8-14(9-5-12)16(3)15-10-6-13(2)7-11-15/h4-11H,1-3H3. The molecule has 0 nitrogen and oxygen atoms in total. The zero-order valence-electron chi connectivity index (χ0n) is 10.2. The minimum Gasteiger partial charge on any atom is -0.0774 e. The highest BCUT2D eigenvalue weighted by atomic mass is 13.9. The molecule has 0 bridgehead atoms. The van der Waals surface area contributed by atoms with Crippen LogP contribution in [0.3, 0.4) is 0 Å². The summed E-state index contributed by atoms with van der Waals surface area (Å²) in [6.45, 7) is 6.98. The molecule has 2 rings (SSSR count). The van der Waals surface area contributed by atoms with Gasteiger partial charge in [-0.15, -0.1) is 0 Å². The molecule has 0 spiro atoms. The van der Waals surface area contributed by atoms with E-state index >= 15 is 0 Å². The average Bonchev–Trinajstić information content (AvgIpc) is 2.30. The summed E-state index contributed by atoms with van der Waals surface area (Å²) in [4.78, 5) is 0. The number of hydrogen-bond acceptors (Lipinski definition) is 0. The van der Waals surface area contributed by atoms with Crippen LogP contribution in [0.4, 0.5) is 0 Å². The Morgan fingerprint density at radius 3 is 1.25 bits per heavy atom. The largest absolute Gasteiger partial charge is 0.206 e. The van der Waals surface area contributed by atoms with Crippen LogP contribution < -0.4 is 10.9 Å². The van der Waals surface area contributed by atoms with Crippen molar-refractivity contribution in [3.05, 3.63) is 59.7 Å². The van der Waals surface area contributed by atoms with E-state index in [9.17, 15) is 0 Å². The lowest BCUT2D eigenvalue weighted by molar-refractivity contribution is 1.48. The van der Waals surface area contributed by atoms with Crippen molar-refractivity contribution in [3.63, 3.8) is 0 Å². The van der Waals surface area contributed by atoms with Gasteiger partial charge < -0.3 is 0 Å². The first-order valence-corrected chi connectivity index (χ1v) is 5.80. The second-order valence-electron chi connectivity index (χ2n) is 4.54. The molecule has 0 amide bonds. The van der Waals surface area contributed by atoms with Gasteiger partial charge in [-0.2, -0.15) is 0 Å². The van der Waals surface area contributed by atoms with Crippen molar-refractivity contribution in [2.45, 2.75) is 20.7 Å². The van der Waals surface area contributed by atoms with Gasteiger partial charge in [-0.1, -0.05) is 77.4 Å². The van der Waals surface area contributed by atoms with Crippen molar-refractivity contribution < 1.29 is 0 Å². The molecule has 1 heteroatoms. The number of aryl methyl sites for hydroxylation is 2. The van der Waals surface area contributed by atoms with Crippen LogP contribution in [0.15, 0.2) is 48.5 Å². The van der Waals surface area contributed by atoms with E-state index in [-0.39, 0.29) is 0 Å². The third kappa shape index (κ3) is 2.36. The van der Waals surface area contributed by atoms with Gasteiger partial charge in [0.2, 0.25) is 6.71 Å². The zero-order chi connectivity index (χ0) is 11.5. The van der Waals surface area contributed by atoms with Crippen LogP contribution in [-0.4, -0.2) is 6.71 Å². The first-order chi connectivity index (χ1) is 7.66. The second kappa shape index (κ2) is 4.57. The van der Waals surface area contributed by atoms with Gasteiger partial charge in [-0.05, 0) is 13.8 Å². The van der Waals surface area contributed by atoms with Crippen molar-refractivity contribution in [3.8, 4) is 0 Å². The van der Waals surface area contributed by atoms with E-state index in [4.69, 9.17) is 0 Å². The van der Waals surface area contributed by atoms with Gasteiger partial charge in [-0.25, -0.2) is 0 Å². The zero-order valence-corrected chi connectivity index (χ0v) is 10.2. The molecular formula is C15H17B. The summed E-state index contributed by atoms with van der Waals surface area (Å²) in [5, 5.41) is 0. The molecule has 0 atom stereocenters. The monoisotopic (exact) mass is 208 g/mol. The van der Waals surface area contributed by atoms with E-state index in [1.807, 2.05) is 0 Å². The molecule has 0 N–H and O–H groups in total. The molecular weight excluding hydrogens is 191 g/mol. The SMILES string of the molecule is CB(c1ccc(C)cc1)c1ccc(C)cc1. The van der Waals surface area contributed by atoms with Gasteiger partial charge in [-0.3, -0.25) is 0 Å². The molecule has 0 heterocycles. The van der Waals surface area contributed by atoms with Gasteiger partial charge >= 0.3 is 0 Å². The van der Waals surface area contributed by atoms with Crippen LogP contribution in [0, 0.1) is 13.8 Å². The number of benzene rings is 2. The molecule has 16 heavy (non-hydrogen) atoms. The Balaban J connectivity index is 2.28. The van der Waals surface area contributed by atoms with E-state index in [0.717, 1.165) is 0 Å². The third-order valence-corrected chi connectivity index (χ3v) is 3.15. The Morgan fingerprint density at radius 1 is 0.625 bits per heavy atom. The fourth-order valence-electron chi connectivity index (χ4n) is 1.90. The maximum atomic E-state index is 2.26. The molecule has 0 unspecified atom stereocenters. The molecule has 0 aliphatic rings. The summed E-state index contributed by atoms with van der Waals surface area (Å²) in [6, 6.07) is 17.6. The van der Waals surface area contributed by atoms with Crippen LogP contribution in [0.1, 0.15) is 11.1 Å². The molecule has 0 aromatic heterocycles. The van der Waals surface area contributed by atoms with E-state index < -0.39 is 0 Å². The molecule has 0 fully saturated rings. The minimum absolute atomic E-state index is 0.473. The second-order valence-corrected chi connectivity index (χ2v) is 4.54. The minimum atomic E-state index is 0.473. The Morgan fingerprint density at radius 2 is 0.938 bits per heavy atom. The average molecular weight is 208 g/mol. The van der Waals surface area contributed by atoms with Gasteiger partial charge in [0.1, 0.15) is 0 Å². The fraction of sp³-hybridized carbons (Fsp3) is 0.200. The van der Waals surface area contributed by atoms with Crippen molar-refractivity contribution in [1.29, 1.82) is 0 Å². The third-order valence-electron chi connectivity index (χ3n) is 3.15. The van der Waals surface area contributed by atoms with E-state index in [1.54, 1.807) is 0 Å². The summed E-state index contributed by atoms with van der Waals surface area (Å²) in [6.07, 6.45) is 0. The lowest BCUT2D eigenvalue weighted by atomic mass is 9.42. The van der Waals surface area contributed by atoms with E-state index in [1.165, 1.54) is 22.1 Å². The maximum absolute atomic E-state index is 2.26. The highest BCUT2D eigenvalue weighted by Gasteiger charge is 2.11. The van der Waals surface area contributed by atoms with Crippen molar-refractivity contribution in [1.82, 2.24) is 0 Å². The summed E-state index contributed by atoms with van der Waals surface area (Å²) >= 11 is 0. The van der Waals surface area contributed by atoms with Crippen molar-refractivity contribution in [2.75, 3.05) is 0 Å². The predicted octanol–water partition coefficient (Wildman–Crippen LogP) is 2.54. The van der Waals surface area contributed by atoms with Gasteiger partial charge in [0, 0.05) is 0 Å². The number of rotatable bonds is 2. The fourth-order valence-corrected chi connectivity index (χ4v) is 1.90. The molecule has 0 radical (unpaired) electrons. The van der Waals surface area contributed by atoms with Gasteiger partial charge in [0.25, 0.3) is 0 Å². The smallest absolute Gasteiger partial charge is 0.0774 e. The Labute approximate surface area is 98.4 Å². The summed E-state index contributed by atoms with van der Waals surface area (Å²) < 4.78 is 0. The highest BCUT2D eigenvalue weighted by molar-refractivity contribution is 6.84. The molecule has 0 saturated heterocycles. The lowest BCUT2D eigenvalue weighted by Gasteiger charge is -2.09. The molecule has 0 saturated carbocycles.